The van der Waals surface area contributed by atoms with Gasteiger partial charge in [0.1, 0.15) is 17.6 Å². The van der Waals surface area contributed by atoms with E-state index in [4.69, 9.17) is 5.26 Å². The number of anilines is 1. The number of likely N-dealkylation sites (N-methyl/N-ethyl adjacent to an activating group) is 1. The first-order valence-corrected chi connectivity index (χ1v) is 9.69. The fourth-order valence-corrected chi connectivity index (χ4v) is 4.82. The minimum Gasteiger partial charge on any atom is -0.357 e. The third-order valence-corrected chi connectivity index (χ3v) is 6.50. The van der Waals surface area contributed by atoms with E-state index in [1.807, 2.05) is 12.1 Å². The van der Waals surface area contributed by atoms with Crippen molar-refractivity contribution in [2.75, 3.05) is 44.7 Å². The van der Waals surface area contributed by atoms with E-state index in [9.17, 15) is 4.79 Å². The quantitative estimate of drug-likeness (QED) is 0.812. The average Bonchev–Trinajstić information content (AvgIpc) is 3.11. The van der Waals surface area contributed by atoms with E-state index in [1.54, 1.807) is 6.07 Å². The van der Waals surface area contributed by atoms with Crippen molar-refractivity contribution in [3.05, 3.63) is 23.9 Å². The Morgan fingerprint density at radius 3 is 2.73 bits per heavy atom. The van der Waals surface area contributed by atoms with Gasteiger partial charge in [0.25, 0.3) is 0 Å². The Kier molecular flexibility index (Phi) is 4.58. The molecule has 1 spiro atoms. The Hall–Kier alpha value is -2.13. The number of hydrogen-bond acceptors (Lipinski definition) is 5. The van der Waals surface area contributed by atoms with Gasteiger partial charge >= 0.3 is 0 Å². The van der Waals surface area contributed by atoms with Crippen LogP contribution in [-0.2, 0) is 4.79 Å². The molecule has 138 valence electrons. The second-order valence-corrected chi connectivity index (χ2v) is 8.21. The van der Waals surface area contributed by atoms with Gasteiger partial charge in [0, 0.05) is 38.6 Å². The first kappa shape index (κ1) is 17.3. The fraction of sp³-hybridized carbons (Fsp3) is 0.650. The molecule has 0 radical (unpaired) electrons. The molecule has 0 bridgehead atoms. The summed E-state index contributed by atoms with van der Waals surface area (Å²) in [7, 11) is 2.14. The van der Waals surface area contributed by atoms with Crippen molar-refractivity contribution in [2.45, 2.75) is 38.1 Å². The van der Waals surface area contributed by atoms with E-state index in [-0.39, 0.29) is 5.41 Å². The van der Waals surface area contributed by atoms with E-state index in [0.29, 0.717) is 24.1 Å². The van der Waals surface area contributed by atoms with Crippen molar-refractivity contribution < 1.29 is 4.79 Å². The third-order valence-electron chi connectivity index (χ3n) is 6.50. The van der Waals surface area contributed by atoms with Crippen LogP contribution in [0, 0.1) is 16.7 Å². The zero-order valence-electron chi connectivity index (χ0n) is 15.5. The molecular formula is C20H27N5O. The Labute approximate surface area is 155 Å². The first-order chi connectivity index (χ1) is 12.6. The van der Waals surface area contributed by atoms with Crippen LogP contribution >= 0.6 is 0 Å². The lowest BCUT2D eigenvalue weighted by Gasteiger charge is -2.49. The molecule has 0 saturated carbocycles. The third kappa shape index (κ3) is 3.28. The zero-order valence-corrected chi connectivity index (χ0v) is 15.5. The number of aromatic nitrogens is 1. The molecule has 26 heavy (non-hydrogen) atoms. The lowest BCUT2D eigenvalue weighted by atomic mass is 9.72. The molecule has 0 unspecified atom stereocenters. The summed E-state index contributed by atoms with van der Waals surface area (Å²) in [5.74, 6) is 1.25. The Bertz CT molecular complexity index is 719. The largest absolute Gasteiger partial charge is 0.357 e. The van der Waals surface area contributed by atoms with Crippen LogP contribution < -0.4 is 4.90 Å². The highest BCUT2D eigenvalue weighted by Crippen LogP contribution is 2.42. The van der Waals surface area contributed by atoms with E-state index in [2.05, 4.69) is 32.8 Å². The number of pyridine rings is 1. The summed E-state index contributed by atoms with van der Waals surface area (Å²) >= 11 is 0. The summed E-state index contributed by atoms with van der Waals surface area (Å²) in [6.07, 6.45) is 5.01. The van der Waals surface area contributed by atoms with Gasteiger partial charge in [-0.15, -0.1) is 0 Å². The topological polar surface area (TPSA) is 63.5 Å². The number of nitrogens with zero attached hydrogens (tertiary/aromatic N) is 5. The second kappa shape index (κ2) is 6.88. The van der Waals surface area contributed by atoms with Gasteiger partial charge in [-0.3, -0.25) is 4.79 Å². The van der Waals surface area contributed by atoms with Crippen LogP contribution in [0.4, 0.5) is 5.82 Å². The highest BCUT2D eigenvalue weighted by molar-refractivity contribution is 5.77. The van der Waals surface area contributed by atoms with Crippen LogP contribution in [0.3, 0.4) is 0 Å². The van der Waals surface area contributed by atoms with Crippen LogP contribution in [0.1, 0.15) is 37.8 Å². The van der Waals surface area contributed by atoms with Crippen LogP contribution in [0.2, 0.25) is 0 Å². The summed E-state index contributed by atoms with van der Waals surface area (Å²) in [5, 5.41) is 9.06. The first-order valence-electron chi connectivity index (χ1n) is 9.69. The minimum absolute atomic E-state index is 0.262. The lowest BCUT2D eigenvalue weighted by Crippen LogP contribution is -2.55. The molecule has 3 aliphatic rings. The van der Waals surface area contributed by atoms with E-state index in [0.717, 1.165) is 64.2 Å². The Morgan fingerprint density at radius 2 is 2.04 bits per heavy atom. The van der Waals surface area contributed by atoms with Crippen LogP contribution in [-0.4, -0.2) is 66.5 Å². The van der Waals surface area contributed by atoms with Gasteiger partial charge in [-0.2, -0.15) is 5.26 Å². The summed E-state index contributed by atoms with van der Waals surface area (Å²) < 4.78 is 0. The van der Waals surface area contributed by atoms with Crippen molar-refractivity contribution in [1.29, 1.82) is 5.26 Å². The molecule has 1 amide bonds. The standard InChI is InChI=1S/C20H27N5O/c1-23-10-6-17(14-23)25-15-20(7-5-19(25)26)8-11-24(12-9-20)18-4-2-3-16(13-21)22-18/h2-4,17H,5-12,14-15H2,1H3/t17-/m0/s1. The fourth-order valence-electron chi connectivity index (χ4n) is 4.82. The molecular weight excluding hydrogens is 326 g/mol. The predicted molar refractivity (Wildman–Crippen MR) is 99.7 cm³/mol. The second-order valence-electron chi connectivity index (χ2n) is 8.21. The van der Waals surface area contributed by atoms with Gasteiger partial charge in [0.05, 0.1) is 0 Å². The molecule has 1 aromatic heterocycles. The number of nitriles is 1. The summed E-state index contributed by atoms with van der Waals surface area (Å²) in [6, 6.07) is 8.17. The summed E-state index contributed by atoms with van der Waals surface area (Å²) in [4.78, 5) is 23.8. The van der Waals surface area contributed by atoms with Crippen LogP contribution in [0.5, 0.6) is 0 Å². The molecule has 1 aromatic rings. The van der Waals surface area contributed by atoms with E-state index >= 15 is 0 Å². The maximum absolute atomic E-state index is 12.5. The highest BCUT2D eigenvalue weighted by atomic mass is 16.2. The van der Waals surface area contributed by atoms with Gasteiger partial charge in [0.15, 0.2) is 0 Å². The van der Waals surface area contributed by atoms with Gasteiger partial charge in [-0.25, -0.2) is 4.98 Å². The van der Waals surface area contributed by atoms with Crippen molar-refractivity contribution in [2.24, 2.45) is 5.41 Å². The SMILES string of the molecule is CN1CC[C@H](N2CC3(CCC2=O)CCN(c2cccc(C#N)n2)CC3)C1. The molecule has 6 nitrogen and oxygen atoms in total. The van der Waals surface area contributed by atoms with Gasteiger partial charge in [-0.1, -0.05) is 6.07 Å². The van der Waals surface area contributed by atoms with Crippen LogP contribution in [0.15, 0.2) is 18.2 Å². The molecule has 3 aliphatic heterocycles. The maximum Gasteiger partial charge on any atom is 0.222 e. The van der Waals surface area contributed by atoms with Crippen molar-refractivity contribution >= 4 is 11.7 Å². The number of piperidine rings is 2. The molecule has 4 rings (SSSR count). The number of rotatable bonds is 2. The smallest absolute Gasteiger partial charge is 0.222 e. The number of likely N-dealkylation sites (tertiary alicyclic amines) is 2. The van der Waals surface area contributed by atoms with Crippen molar-refractivity contribution in [3.8, 4) is 6.07 Å². The van der Waals surface area contributed by atoms with E-state index < -0.39 is 0 Å². The number of amides is 1. The average molecular weight is 353 g/mol. The van der Waals surface area contributed by atoms with Gasteiger partial charge < -0.3 is 14.7 Å². The predicted octanol–water partition coefficient (Wildman–Crippen LogP) is 1.87. The minimum atomic E-state index is 0.262. The molecule has 6 heteroatoms. The van der Waals surface area contributed by atoms with Crippen molar-refractivity contribution in [1.82, 2.24) is 14.8 Å². The monoisotopic (exact) mass is 353 g/mol. The summed E-state index contributed by atoms with van der Waals surface area (Å²) in [5.41, 5.74) is 0.737. The molecule has 1 atom stereocenters. The number of carbonyl (C=O) groups is 1. The Balaban J connectivity index is 1.42. The number of carbonyl (C=O) groups excluding carboxylic acids is 1. The van der Waals surface area contributed by atoms with Crippen LogP contribution in [0.25, 0.3) is 0 Å². The van der Waals surface area contributed by atoms with E-state index in [1.165, 1.54) is 0 Å². The Morgan fingerprint density at radius 1 is 1.23 bits per heavy atom. The highest BCUT2D eigenvalue weighted by Gasteiger charge is 2.43. The summed E-state index contributed by atoms with van der Waals surface area (Å²) in [6.45, 7) is 4.93. The van der Waals surface area contributed by atoms with Gasteiger partial charge in [-0.05, 0) is 56.8 Å². The molecule has 0 N–H and O–H groups in total. The van der Waals surface area contributed by atoms with Gasteiger partial charge in [0.2, 0.25) is 5.91 Å². The number of hydrogen-bond donors (Lipinski definition) is 0. The molecule has 3 fully saturated rings. The molecule has 4 heterocycles. The zero-order chi connectivity index (χ0) is 18.1. The molecule has 0 aromatic carbocycles. The molecule has 3 saturated heterocycles. The maximum atomic E-state index is 12.5. The van der Waals surface area contributed by atoms with Crippen molar-refractivity contribution in [3.63, 3.8) is 0 Å². The lowest BCUT2D eigenvalue weighted by molar-refractivity contribution is -0.141. The molecule has 0 aliphatic carbocycles. The normalized spacial score (nSPS) is 26.3.